The summed E-state index contributed by atoms with van der Waals surface area (Å²) >= 11 is 10.1. The number of piperazine rings is 3. The molecule has 0 saturated carbocycles. The summed E-state index contributed by atoms with van der Waals surface area (Å²) in [6.07, 6.45) is -11.0. The molecule has 0 aromatic heterocycles. The number of halogens is 3. The molecule has 25 heteroatoms. The number of rotatable bonds is 19. The van der Waals surface area contributed by atoms with Crippen LogP contribution in [0, 0.1) is 20.8 Å². The first kappa shape index (κ1) is 74.9. The number of amides is 6. The van der Waals surface area contributed by atoms with E-state index in [0.717, 1.165) is 58.5 Å². The molecule has 9 N–H and O–H groups in total. The van der Waals surface area contributed by atoms with Crippen molar-refractivity contribution >= 4 is 100 Å². The smallest absolute Gasteiger partial charge is 0.254 e. The van der Waals surface area contributed by atoms with Gasteiger partial charge in [0, 0.05) is 103 Å². The molecule has 6 aromatic rings. The zero-order valence-electron chi connectivity index (χ0n) is 54.3. The molecule has 0 radical (unpaired) electrons. The fourth-order valence-corrected chi connectivity index (χ4v) is 12.0. The van der Waals surface area contributed by atoms with Gasteiger partial charge in [0.2, 0.25) is 0 Å². The Bertz CT molecular complexity index is 3530. The standard InChI is InChI=1S/C24H30BrN3O4.C23H28BrN3O5.C23H28BrN3O4/c1-15-4-5-16(2)20(14-15)27-10-12-28(13-11-27)24(32)22(30)21(29)23(31)26-17(3)18-6-8-19(25)9-7-18;1-15(16-7-9-17(24)10-8-16)25-22(30)20(28)21(29)23(31)27-13-11-26(12-14-27)18-5-3-4-6-19(18)32-2;1-15-5-3-4-6-19(15)26-11-13-27(14-12-26)23(31)21(29)20(28)22(30)25-16(2)17-7-9-18(24)10-8-17/h4-9,14,17,21-22,29-30H,10-13H2,1-3H3,(H,26,31);3-10,15,20-21,28-29H,11-14H2,1-2H3,(H,25,30);3-10,16,20-21,28-29H,11-14H2,1-2H3,(H,25,30)/t17-,21+,22+;15-,20+,21+;16-,20+,21+/m000/s1. The number of ether oxygens (including phenoxy) is 1. The number of benzene rings is 6. The van der Waals surface area contributed by atoms with Crippen LogP contribution < -0.4 is 35.4 Å². The summed E-state index contributed by atoms with van der Waals surface area (Å²) in [4.78, 5) is 86.2. The molecule has 3 fully saturated rings. The van der Waals surface area contributed by atoms with Gasteiger partial charge in [-0.25, -0.2) is 0 Å². The van der Waals surface area contributed by atoms with Gasteiger partial charge >= 0.3 is 0 Å². The lowest BCUT2D eigenvalue weighted by atomic mass is 10.1. The third kappa shape index (κ3) is 20.5. The molecular formula is C70H86Br3N9O13. The highest BCUT2D eigenvalue weighted by atomic mass is 79.9. The molecule has 9 atom stereocenters. The number of hydrogen-bond acceptors (Lipinski definition) is 16. The molecule has 22 nitrogen and oxygen atoms in total. The van der Waals surface area contributed by atoms with Crippen molar-refractivity contribution in [3.63, 3.8) is 0 Å². The molecule has 0 aliphatic carbocycles. The van der Waals surface area contributed by atoms with Crippen molar-refractivity contribution in [3.8, 4) is 5.75 Å². The van der Waals surface area contributed by atoms with Crippen LogP contribution in [0.2, 0.25) is 0 Å². The first-order valence-corrected chi connectivity index (χ1v) is 33.8. The number of aliphatic hydroxyl groups is 6. The van der Waals surface area contributed by atoms with Gasteiger partial charge in [-0.1, -0.05) is 127 Å². The lowest BCUT2D eigenvalue weighted by molar-refractivity contribution is -0.153. The molecule has 6 amide bonds. The zero-order valence-corrected chi connectivity index (χ0v) is 59.1. The molecule has 510 valence electrons. The number of aliphatic hydroxyl groups excluding tert-OH is 6. The Hall–Kier alpha value is -7.46. The third-order valence-electron chi connectivity index (χ3n) is 17.0. The summed E-state index contributed by atoms with van der Waals surface area (Å²) in [5.74, 6) is -3.55. The quantitative estimate of drug-likeness (QED) is 0.0448. The van der Waals surface area contributed by atoms with E-state index in [-0.39, 0.29) is 12.1 Å². The molecule has 6 aromatic carbocycles. The van der Waals surface area contributed by atoms with Crippen LogP contribution in [0.5, 0.6) is 5.75 Å². The highest BCUT2D eigenvalue weighted by Gasteiger charge is 2.38. The predicted molar refractivity (Wildman–Crippen MR) is 375 cm³/mol. The van der Waals surface area contributed by atoms with Crippen LogP contribution in [0.3, 0.4) is 0 Å². The van der Waals surface area contributed by atoms with E-state index in [1.165, 1.54) is 25.8 Å². The minimum Gasteiger partial charge on any atom is -0.495 e. The highest BCUT2D eigenvalue weighted by Crippen LogP contribution is 2.30. The van der Waals surface area contributed by atoms with Crippen molar-refractivity contribution in [1.29, 1.82) is 0 Å². The Morgan fingerprint density at radius 2 is 0.674 bits per heavy atom. The van der Waals surface area contributed by atoms with Gasteiger partial charge in [0.25, 0.3) is 35.4 Å². The summed E-state index contributed by atoms with van der Waals surface area (Å²) in [7, 11) is 1.61. The van der Waals surface area contributed by atoms with Crippen molar-refractivity contribution in [1.82, 2.24) is 30.7 Å². The summed E-state index contributed by atoms with van der Waals surface area (Å²) in [6.45, 7) is 17.4. The third-order valence-corrected chi connectivity index (χ3v) is 18.6. The van der Waals surface area contributed by atoms with E-state index in [2.05, 4.69) is 104 Å². The van der Waals surface area contributed by atoms with Gasteiger partial charge in [-0.05, 0) is 136 Å². The molecule has 0 unspecified atom stereocenters. The average Bonchev–Trinajstić information content (AvgIpc) is 0.899. The van der Waals surface area contributed by atoms with Gasteiger partial charge in [-0.2, -0.15) is 0 Å². The van der Waals surface area contributed by atoms with Crippen LogP contribution in [0.25, 0.3) is 0 Å². The minimum atomic E-state index is -1.85. The highest BCUT2D eigenvalue weighted by molar-refractivity contribution is 9.11. The van der Waals surface area contributed by atoms with Gasteiger partial charge in [0.05, 0.1) is 30.9 Å². The van der Waals surface area contributed by atoms with Gasteiger partial charge in [0.15, 0.2) is 36.6 Å². The number of methoxy groups -OCH3 is 1. The number of aryl methyl sites for hydroxylation is 3. The molecular weight excluding hydrogens is 1410 g/mol. The lowest BCUT2D eigenvalue weighted by Crippen LogP contribution is -2.56. The second kappa shape index (κ2) is 35.5. The normalized spacial score (nSPS) is 16.9. The Morgan fingerprint density at radius 3 is 1.01 bits per heavy atom. The molecule has 3 aliphatic rings. The largest absolute Gasteiger partial charge is 0.495 e. The summed E-state index contributed by atoms with van der Waals surface area (Å²) in [5, 5.41) is 69.8. The number of anilines is 3. The van der Waals surface area contributed by atoms with Crippen LogP contribution in [0.15, 0.2) is 153 Å². The van der Waals surface area contributed by atoms with Crippen LogP contribution >= 0.6 is 47.8 Å². The first-order valence-electron chi connectivity index (χ1n) is 31.4. The number of hydrogen-bond donors (Lipinski definition) is 9. The average molecular weight is 1500 g/mol. The SMILES string of the molecule is COc1ccccc1N1CCN(C(=O)[C@H](O)[C@@H](O)C(=O)N[C@@H](C)c2ccc(Br)cc2)CC1.Cc1ccc(C)c(N2CCN(C(=O)[C@H](O)[C@@H](O)C(=O)N[C@@H](C)c3ccc(Br)cc3)CC2)c1.Cc1ccccc1N1CCN(C(=O)[C@H](O)[C@@H](O)C(=O)N[C@@H](C)c2ccc(Br)cc2)CC1. The number of carbonyl (C=O) groups is 6. The van der Waals surface area contributed by atoms with E-state index in [0.29, 0.717) is 78.5 Å². The second-order valence-corrected chi connectivity index (χ2v) is 26.4. The molecule has 0 spiro atoms. The maximum Gasteiger partial charge on any atom is 0.254 e. The van der Waals surface area contributed by atoms with Crippen molar-refractivity contribution < 1.29 is 64.1 Å². The minimum absolute atomic E-state index is 0.359. The zero-order chi connectivity index (χ0) is 69.2. The molecule has 3 saturated heterocycles. The van der Waals surface area contributed by atoms with Gasteiger partial charge in [0.1, 0.15) is 5.75 Å². The van der Waals surface area contributed by atoms with E-state index in [4.69, 9.17) is 4.74 Å². The van der Waals surface area contributed by atoms with Crippen molar-refractivity contribution in [2.45, 2.75) is 96.3 Å². The second-order valence-electron chi connectivity index (χ2n) is 23.7. The van der Waals surface area contributed by atoms with Crippen LogP contribution in [-0.2, 0) is 28.8 Å². The van der Waals surface area contributed by atoms with E-state index in [1.807, 2.05) is 135 Å². The Balaban J connectivity index is 0.000000201. The monoisotopic (exact) mass is 1500 g/mol. The maximum atomic E-state index is 12.7. The summed E-state index contributed by atoms with van der Waals surface area (Å²) < 4.78 is 8.14. The number of nitrogens with one attached hydrogen (secondary N) is 3. The van der Waals surface area contributed by atoms with E-state index < -0.39 is 78.1 Å². The molecule has 3 aliphatic heterocycles. The molecule has 95 heavy (non-hydrogen) atoms. The van der Waals surface area contributed by atoms with E-state index in [9.17, 15) is 59.4 Å². The van der Waals surface area contributed by atoms with Crippen LogP contribution in [0.4, 0.5) is 17.1 Å². The van der Waals surface area contributed by atoms with Crippen molar-refractivity contribution in [2.24, 2.45) is 0 Å². The summed E-state index contributed by atoms with van der Waals surface area (Å²) in [5.41, 5.74) is 9.22. The van der Waals surface area contributed by atoms with Crippen LogP contribution in [0.1, 0.15) is 72.3 Å². The Kier molecular flexibility index (Phi) is 28.0. The van der Waals surface area contributed by atoms with E-state index in [1.54, 1.807) is 27.9 Å². The fourth-order valence-electron chi connectivity index (χ4n) is 11.2. The first-order chi connectivity index (χ1) is 45.3. The van der Waals surface area contributed by atoms with Gasteiger partial charge in [-0.3, -0.25) is 28.8 Å². The number of nitrogens with zero attached hydrogens (tertiary/aromatic N) is 6. The van der Waals surface area contributed by atoms with E-state index >= 15 is 0 Å². The number of carbonyl (C=O) groups excluding carboxylic acids is 6. The number of para-hydroxylation sites is 3. The maximum absolute atomic E-state index is 12.7. The summed E-state index contributed by atoms with van der Waals surface area (Å²) in [6, 6.07) is 43.0. The molecule has 9 rings (SSSR count). The Morgan fingerprint density at radius 1 is 0.379 bits per heavy atom. The Labute approximate surface area is 580 Å². The predicted octanol–water partition coefficient (Wildman–Crippen LogP) is 6.02. The molecule has 0 bridgehead atoms. The topological polar surface area (TPSA) is 289 Å². The lowest BCUT2D eigenvalue weighted by Gasteiger charge is -2.38. The van der Waals surface area contributed by atoms with Crippen molar-refractivity contribution in [2.75, 3.05) is 100 Å². The van der Waals surface area contributed by atoms with Crippen molar-refractivity contribution in [3.05, 3.63) is 186 Å². The van der Waals surface area contributed by atoms with Crippen LogP contribution in [-0.4, -0.2) is 203 Å². The fraction of sp³-hybridized carbons (Fsp3) is 0.400. The van der Waals surface area contributed by atoms with Gasteiger partial charge < -0.3 is 80.7 Å². The molecule has 3 heterocycles. The van der Waals surface area contributed by atoms with Gasteiger partial charge in [-0.15, -0.1) is 0 Å².